The van der Waals surface area contributed by atoms with Gasteiger partial charge in [0.15, 0.2) is 5.82 Å². The van der Waals surface area contributed by atoms with Crippen LogP contribution in [0.1, 0.15) is 21.7 Å². The van der Waals surface area contributed by atoms with Gasteiger partial charge in [0.25, 0.3) is 5.91 Å². The Morgan fingerprint density at radius 3 is 2.89 bits per heavy atom. The second-order valence-electron chi connectivity index (χ2n) is 4.08. The van der Waals surface area contributed by atoms with E-state index in [1.54, 1.807) is 17.0 Å². The molecule has 3 N–H and O–H groups in total. The number of rotatable bonds is 3. The minimum Gasteiger partial charge on any atom is -0.398 e. The highest BCUT2D eigenvalue weighted by molar-refractivity contribution is 6.00. The molecule has 0 aliphatic rings. The Kier molecular flexibility index (Phi) is 3.27. The van der Waals surface area contributed by atoms with Crippen molar-refractivity contribution in [2.24, 2.45) is 7.05 Å². The number of carbonyl (C=O) groups excluding carboxylic acids is 1. The highest BCUT2D eigenvalue weighted by Gasteiger charge is 2.12. The summed E-state index contributed by atoms with van der Waals surface area (Å²) < 4.78 is 1.75. The maximum absolute atomic E-state index is 12.0. The number of nitrogens with two attached hydrogens (primary N) is 1. The lowest BCUT2D eigenvalue weighted by Gasteiger charge is -2.09. The SMILES string of the molecule is Cc1cccc(N)c1C(=O)NCc1nncn1C. The van der Waals surface area contributed by atoms with Crippen molar-refractivity contribution in [1.82, 2.24) is 20.1 Å². The molecule has 0 unspecified atom stereocenters. The predicted octanol–water partition coefficient (Wildman–Crippen LogP) is 0.636. The molecule has 0 saturated carbocycles. The van der Waals surface area contributed by atoms with Gasteiger partial charge in [-0.1, -0.05) is 12.1 Å². The van der Waals surface area contributed by atoms with Crippen LogP contribution < -0.4 is 11.1 Å². The van der Waals surface area contributed by atoms with Crippen molar-refractivity contribution in [3.8, 4) is 0 Å². The standard InChI is InChI=1S/C12H15N5O/c1-8-4-3-5-9(13)11(8)12(18)14-6-10-16-15-7-17(10)2/h3-5,7H,6,13H2,1-2H3,(H,14,18). The number of amides is 1. The number of aromatic nitrogens is 3. The molecule has 0 saturated heterocycles. The van der Waals surface area contributed by atoms with E-state index in [0.717, 1.165) is 5.56 Å². The lowest BCUT2D eigenvalue weighted by atomic mass is 10.1. The second kappa shape index (κ2) is 4.87. The molecule has 0 bridgehead atoms. The van der Waals surface area contributed by atoms with E-state index < -0.39 is 0 Å². The van der Waals surface area contributed by atoms with Gasteiger partial charge in [-0.2, -0.15) is 0 Å². The zero-order valence-corrected chi connectivity index (χ0v) is 10.3. The monoisotopic (exact) mass is 245 g/mol. The van der Waals surface area contributed by atoms with Gasteiger partial charge in [0.1, 0.15) is 6.33 Å². The highest BCUT2D eigenvalue weighted by atomic mass is 16.1. The second-order valence-corrected chi connectivity index (χ2v) is 4.08. The number of nitrogen functional groups attached to an aromatic ring is 1. The van der Waals surface area contributed by atoms with Crippen LogP contribution >= 0.6 is 0 Å². The van der Waals surface area contributed by atoms with Gasteiger partial charge < -0.3 is 15.6 Å². The third-order valence-electron chi connectivity index (χ3n) is 2.74. The Morgan fingerprint density at radius 1 is 1.50 bits per heavy atom. The molecule has 0 radical (unpaired) electrons. The van der Waals surface area contributed by atoms with E-state index >= 15 is 0 Å². The first kappa shape index (κ1) is 12.1. The van der Waals surface area contributed by atoms with Crippen LogP contribution in [-0.4, -0.2) is 20.7 Å². The maximum Gasteiger partial charge on any atom is 0.254 e. The number of carbonyl (C=O) groups is 1. The summed E-state index contributed by atoms with van der Waals surface area (Å²) >= 11 is 0. The Morgan fingerprint density at radius 2 is 2.28 bits per heavy atom. The Bertz CT molecular complexity index is 555. The van der Waals surface area contributed by atoms with Crippen molar-refractivity contribution in [1.29, 1.82) is 0 Å². The quantitative estimate of drug-likeness (QED) is 0.777. The van der Waals surface area contributed by atoms with Gasteiger partial charge in [0, 0.05) is 12.7 Å². The van der Waals surface area contributed by atoms with Crippen molar-refractivity contribution in [3.05, 3.63) is 41.5 Å². The van der Waals surface area contributed by atoms with Crippen LogP contribution in [0.5, 0.6) is 0 Å². The van der Waals surface area contributed by atoms with Crippen LogP contribution in [0.4, 0.5) is 5.69 Å². The van der Waals surface area contributed by atoms with Crippen molar-refractivity contribution < 1.29 is 4.79 Å². The molecule has 18 heavy (non-hydrogen) atoms. The Balaban J connectivity index is 2.11. The van der Waals surface area contributed by atoms with E-state index in [1.165, 1.54) is 0 Å². The summed E-state index contributed by atoms with van der Waals surface area (Å²) in [6.07, 6.45) is 1.59. The maximum atomic E-state index is 12.0. The van der Waals surface area contributed by atoms with Crippen molar-refractivity contribution in [3.63, 3.8) is 0 Å². The zero-order valence-electron chi connectivity index (χ0n) is 10.3. The third kappa shape index (κ3) is 2.32. The van der Waals surface area contributed by atoms with Crippen molar-refractivity contribution in [2.45, 2.75) is 13.5 Å². The minimum absolute atomic E-state index is 0.200. The van der Waals surface area contributed by atoms with Crippen LogP contribution in [0.15, 0.2) is 24.5 Å². The van der Waals surface area contributed by atoms with E-state index in [4.69, 9.17) is 5.73 Å². The molecule has 94 valence electrons. The molecule has 0 atom stereocenters. The van der Waals surface area contributed by atoms with Crippen molar-refractivity contribution in [2.75, 3.05) is 5.73 Å². The number of nitrogens with zero attached hydrogens (tertiary/aromatic N) is 3. The number of hydrogen-bond donors (Lipinski definition) is 2. The first-order valence-electron chi connectivity index (χ1n) is 5.55. The molecule has 0 aliphatic carbocycles. The summed E-state index contributed by atoms with van der Waals surface area (Å²) in [4.78, 5) is 12.0. The normalized spacial score (nSPS) is 10.3. The van der Waals surface area contributed by atoms with Crippen LogP contribution in [0.3, 0.4) is 0 Å². The largest absolute Gasteiger partial charge is 0.398 e. The molecule has 0 fully saturated rings. The van der Waals surface area contributed by atoms with Crippen LogP contribution in [0.25, 0.3) is 0 Å². The van der Waals surface area contributed by atoms with E-state index in [9.17, 15) is 4.79 Å². The number of hydrogen-bond acceptors (Lipinski definition) is 4. The summed E-state index contributed by atoms with van der Waals surface area (Å²) in [6.45, 7) is 2.18. The van der Waals surface area contributed by atoms with Gasteiger partial charge in [0.2, 0.25) is 0 Å². The summed E-state index contributed by atoms with van der Waals surface area (Å²) in [5.41, 5.74) is 7.65. The van der Waals surface area contributed by atoms with E-state index in [-0.39, 0.29) is 5.91 Å². The minimum atomic E-state index is -0.200. The molecule has 2 aromatic rings. The van der Waals surface area contributed by atoms with Gasteiger partial charge in [0.05, 0.1) is 12.1 Å². The van der Waals surface area contributed by atoms with E-state index in [2.05, 4.69) is 15.5 Å². The van der Waals surface area contributed by atoms with Gasteiger partial charge in [-0.25, -0.2) is 0 Å². The topological polar surface area (TPSA) is 85.8 Å². The molecule has 0 aliphatic heterocycles. The highest BCUT2D eigenvalue weighted by Crippen LogP contribution is 2.15. The Hall–Kier alpha value is -2.37. The Labute approximate surface area is 105 Å². The molecular formula is C12H15N5O. The molecule has 1 aromatic heterocycles. The molecule has 1 aromatic carbocycles. The van der Waals surface area contributed by atoms with Crippen molar-refractivity contribution >= 4 is 11.6 Å². The summed E-state index contributed by atoms with van der Waals surface area (Å²) in [5.74, 6) is 0.490. The molecule has 1 amide bonds. The zero-order chi connectivity index (χ0) is 13.1. The van der Waals surface area contributed by atoms with E-state index in [0.29, 0.717) is 23.6 Å². The van der Waals surface area contributed by atoms with E-state index in [1.807, 2.05) is 26.1 Å². The molecule has 0 spiro atoms. The lowest BCUT2D eigenvalue weighted by molar-refractivity contribution is 0.0950. The summed E-state index contributed by atoms with van der Waals surface area (Å²) in [6, 6.07) is 5.39. The number of nitrogens with one attached hydrogen (secondary N) is 1. The number of aryl methyl sites for hydroxylation is 2. The first-order valence-corrected chi connectivity index (χ1v) is 5.55. The molecule has 1 heterocycles. The average Bonchev–Trinajstić information content (AvgIpc) is 2.72. The van der Waals surface area contributed by atoms with Crippen LogP contribution in [0, 0.1) is 6.92 Å². The molecular weight excluding hydrogens is 230 g/mol. The van der Waals surface area contributed by atoms with Crippen LogP contribution in [-0.2, 0) is 13.6 Å². The van der Waals surface area contributed by atoms with Crippen LogP contribution in [0.2, 0.25) is 0 Å². The number of benzene rings is 1. The number of anilines is 1. The molecule has 2 rings (SSSR count). The predicted molar refractivity (Wildman–Crippen MR) is 67.8 cm³/mol. The fraction of sp³-hybridized carbons (Fsp3) is 0.250. The average molecular weight is 245 g/mol. The fourth-order valence-corrected chi connectivity index (χ4v) is 1.72. The summed E-state index contributed by atoms with van der Waals surface area (Å²) in [5, 5.41) is 10.4. The molecule has 6 nitrogen and oxygen atoms in total. The van der Waals surface area contributed by atoms with Gasteiger partial charge in [-0.15, -0.1) is 10.2 Å². The summed E-state index contributed by atoms with van der Waals surface area (Å²) in [7, 11) is 1.82. The smallest absolute Gasteiger partial charge is 0.254 e. The lowest BCUT2D eigenvalue weighted by Crippen LogP contribution is -2.26. The van der Waals surface area contributed by atoms with Gasteiger partial charge in [-0.3, -0.25) is 4.79 Å². The van der Waals surface area contributed by atoms with Gasteiger partial charge >= 0.3 is 0 Å². The third-order valence-corrected chi connectivity index (χ3v) is 2.74. The first-order chi connectivity index (χ1) is 8.59. The fourth-order valence-electron chi connectivity index (χ4n) is 1.72. The molecule has 6 heteroatoms. The van der Waals surface area contributed by atoms with Gasteiger partial charge in [-0.05, 0) is 18.6 Å².